The molecule has 6 rings (SSSR count). The number of hydrogen-bond acceptors (Lipinski definition) is 7. The van der Waals surface area contributed by atoms with Gasteiger partial charge in [0.1, 0.15) is 23.6 Å². The fraction of sp³-hybridized carbons (Fsp3) is 0. The lowest BCUT2D eigenvalue weighted by Crippen LogP contribution is -2.30. The molecule has 0 aromatic carbocycles. The fourth-order valence-corrected chi connectivity index (χ4v) is 3.10. The van der Waals surface area contributed by atoms with Crippen molar-refractivity contribution in [1.29, 1.82) is 0 Å². The number of nitrogens with zero attached hydrogens (tertiary/aromatic N) is 6. The molecule has 122 valence electrons. The molecule has 0 fully saturated rings. The molecule has 0 saturated carbocycles. The molecule has 6 aromatic rings. The van der Waals surface area contributed by atoms with Crippen molar-refractivity contribution in [2.45, 2.75) is 0 Å². The van der Waals surface area contributed by atoms with Crippen molar-refractivity contribution in [3.8, 4) is 5.69 Å². The Labute approximate surface area is 144 Å². The minimum absolute atomic E-state index is 0.567. The summed E-state index contributed by atoms with van der Waals surface area (Å²) in [5, 5.41) is 0.888. The van der Waals surface area contributed by atoms with Crippen LogP contribution >= 0.6 is 0 Å². The number of fused-ring (bicyclic) bond motifs is 6. The Balaban J connectivity index is 1.57. The Bertz CT molecular complexity index is 1340. The summed E-state index contributed by atoms with van der Waals surface area (Å²) in [6.45, 7) is 0. The Morgan fingerprint density at radius 1 is 0.846 bits per heavy atom. The molecule has 0 unspecified atom stereocenters. The molecule has 8 nitrogen and oxygen atoms in total. The van der Waals surface area contributed by atoms with E-state index in [1.807, 2.05) is 29.0 Å². The van der Waals surface area contributed by atoms with Gasteiger partial charge in [0.2, 0.25) is 16.8 Å². The van der Waals surface area contributed by atoms with Gasteiger partial charge in [-0.15, -0.1) is 0 Å². The van der Waals surface area contributed by atoms with E-state index in [4.69, 9.17) is 8.83 Å². The van der Waals surface area contributed by atoms with Crippen molar-refractivity contribution >= 4 is 44.4 Å². The number of furan rings is 2. The average molecular weight is 341 g/mol. The number of hydrogen-bond donors (Lipinski definition) is 0. The second-order valence-electron chi connectivity index (χ2n) is 5.83. The molecule has 0 aliphatic heterocycles. The molecule has 26 heavy (non-hydrogen) atoms. The minimum Gasteiger partial charge on any atom is -0.451 e. The molecule has 0 spiro atoms. The highest BCUT2D eigenvalue weighted by Crippen LogP contribution is 2.26. The van der Waals surface area contributed by atoms with Gasteiger partial charge in [-0.2, -0.15) is 4.57 Å². The van der Waals surface area contributed by atoms with E-state index in [1.54, 1.807) is 24.9 Å². The van der Waals surface area contributed by atoms with Crippen molar-refractivity contribution in [2.24, 2.45) is 0 Å². The van der Waals surface area contributed by atoms with Crippen LogP contribution in [0.5, 0.6) is 0 Å². The summed E-state index contributed by atoms with van der Waals surface area (Å²) >= 11 is 0. The second kappa shape index (κ2) is 4.79. The Morgan fingerprint density at radius 2 is 1.81 bits per heavy atom. The standard InChI is InChI=1S/C18H9N6O2/c1-2-11-15-14(26-18(11)20-3-1)7-24(9-23-15)10-4-12-16(21-5-10)17-13(25-12)6-19-8-22-17/h1-9H/q+1. The van der Waals surface area contributed by atoms with Gasteiger partial charge in [-0.1, -0.05) is 0 Å². The van der Waals surface area contributed by atoms with Crippen LogP contribution in [0.1, 0.15) is 0 Å². The monoisotopic (exact) mass is 341 g/mol. The molecular weight excluding hydrogens is 332 g/mol. The molecule has 0 N–H and O–H groups in total. The average Bonchev–Trinajstić information content (AvgIpc) is 3.24. The largest absolute Gasteiger partial charge is 0.451 e. The van der Waals surface area contributed by atoms with Crippen LogP contribution in [-0.4, -0.2) is 24.9 Å². The third-order valence-electron chi connectivity index (χ3n) is 4.29. The predicted molar refractivity (Wildman–Crippen MR) is 91.5 cm³/mol. The van der Waals surface area contributed by atoms with Gasteiger partial charge >= 0.3 is 0 Å². The molecular formula is C18H9N6O2+. The topological polar surface area (TPSA) is 94.6 Å². The van der Waals surface area contributed by atoms with E-state index >= 15 is 0 Å². The summed E-state index contributed by atoms with van der Waals surface area (Å²) in [5.41, 5.74) is 5.43. The summed E-state index contributed by atoms with van der Waals surface area (Å²) in [6.07, 6.45) is 10.1. The van der Waals surface area contributed by atoms with Crippen molar-refractivity contribution in [3.63, 3.8) is 0 Å². The Morgan fingerprint density at radius 3 is 2.81 bits per heavy atom. The molecule has 0 amide bonds. The SMILES string of the molecule is c1cnc2oc3c[n+](-c4cnc5c(c4)oc4cncnc45)cnc3c2c1. The van der Waals surface area contributed by atoms with Crippen LogP contribution in [0.3, 0.4) is 0 Å². The van der Waals surface area contributed by atoms with Gasteiger partial charge in [-0.25, -0.2) is 19.9 Å². The van der Waals surface area contributed by atoms with Crippen LogP contribution in [0.25, 0.3) is 50.1 Å². The summed E-state index contributed by atoms with van der Waals surface area (Å²) in [7, 11) is 0. The number of rotatable bonds is 1. The maximum absolute atomic E-state index is 5.80. The van der Waals surface area contributed by atoms with Gasteiger partial charge in [0.15, 0.2) is 16.9 Å². The van der Waals surface area contributed by atoms with E-state index in [0.29, 0.717) is 33.5 Å². The lowest BCUT2D eigenvalue weighted by molar-refractivity contribution is -0.598. The van der Waals surface area contributed by atoms with E-state index in [1.165, 1.54) is 6.33 Å². The van der Waals surface area contributed by atoms with Crippen molar-refractivity contribution in [1.82, 2.24) is 24.9 Å². The molecule has 0 radical (unpaired) electrons. The third-order valence-corrected chi connectivity index (χ3v) is 4.29. The van der Waals surface area contributed by atoms with Gasteiger partial charge < -0.3 is 8.83 Å². The van der Waals surface area contributed by atoms with Crippen LogP contribution in [0, 0.1) is 0 Å². The van der Waals surface area contributed by atoms with Gasteiger partial charge in [0.05, 0.1) is 17.8 Å². The van der Waals surface area contributed by atoms with Crippen LogP contribution in [0.15, 0.2) is 64.5 Å². The number of aromatic nitrogens is 6. The molecule has 0 saturated heterocycles. The predicted octanol–water partition coefficient (Wildman–Crippen LogP) is 2.74. The number of pyridine rings is 2. The van der Waals surface area contributed by atoms with Crippen LogP contribution < -0.4 is 4.57 Å². The summed E-state index contributed by atoms with van der Waals surface area (Å²) < 4.78 is 13.4. The zero-order chi connectivity index (χ0) is 17.1. The van der Waals surface area contributed by atoms with Crippen LogP contribution in [0.2, 0.25) is 0 Å². The minimum atomic E-state index is 0.567. The van der Waals surface area contributed by atoms with E-state index in [-0.39, 0.29) is 0 Å². The van der Waals surface area contributed by atoms with Crippen LogP contribution in [-0.2, 0) is 0 Å². The van der Waals surface area contributed by atoms with E-state index in [2.05, 4.69) is 24.9 Å². The molecule has 0 atom stereocenters. The maximum Gasteiger partial charge on any atom is 0.292 e. The smallest absolute Gasteiger partial charge is 0.292 e. The quantitative estimate of drug-likeness (QED) is 0.424. The highest BCUT2D eigenvalue weighted by atomic mass is 16.3. The van der Waals surface area contributed by atoms with E-state index in [0.717, 1.165) is 16.6 Å². The van der Waals surface area contributed by atoms with Gasteiger partial charge in [0, 0.05) is 12.3 Å². The van der Waals surface area contributed by atoms with Gasteiger partial charge in [-0.3, -0.25) is 0 Å². The van der Waals surface area contributed by atoms with Gasteiger partial charge in [0.25, 0.3) is 6.33 Å². The summed E-state index contributed by atoms with van der Waals surface area (Å²) in [6, 6.07) is 5.69. The first kappa shape index (κ1) is 13.4. The van der Waals surface area contributed by atoms with Crippen molar-refractivity contribution in [3.05, 3.63) is 55.6 Å². The highest BCUT2D eigenvalue weighted by molar-refractivity contribution is 6.00. The van der Waals surface area contributed by atoms with E-state index in [9.17, 15) is 0 Å². The maximum atomic E-state index is 5.80. The Hall–Kier alpha value is -3.94. The molecule has 0 aliphatic carbocycles. The van der Waals surface area contributed by atoms with Gasteiger partial charge in [-0.05, 0) is 17.1 Å². The summed E-state index contributed by atoms with van der Waals surface area (Å²) in [5.74, 6) is 0. The lowest BCUT2D eigenvalue weighted by Gasteiger charge is -1.97. The van der Waals surface area contributed by atoms with Crippen molar-refractivity contribution < 1.29 is 13.4 Å². The first-order valence-electron chi connectivity index (χ1n) is 7.90. The van der Waals surface area contributed by atoms with E-state index < -0.39 is 0 Å². The summed E-state index contributed by atoms with van der Waals surface area (Å²) in [4.78, 5) is 21.4. The molecule has 0 aliphatic rings. The molecule has 8 heteroatoms. The third kappa shape index (κ3) is 1.78. The normalized spacial score (nSPS) is 11.8. The second-order valence-corrected chi connectivity index (χ2v) is 5.83. The van der Waals surface area contributed by atoms with Crippen LogP contribution in [0.4, 0.5) is 0 Å². The zero-order valence-corrected chi connectivity index (χ0v) is 13.2. The first-order valence-corrected chi connectivity index (χ1v) is 7.90. The first-order chi connectivity index (χ1) is 12.9. The molecule has 6 aromatic heterocycles. The molecule has 0 bridgehead atoms. The molecule has 6 heterocycles. The fourth-order valence-electron chi connectivity index (χ4n) is 3.10. The zero-order valence-electron chi connectivity index (χ0n) is 13.2. The highest BCUT2D eigenvalue weighted by Gasteiger charge is 2.17. The van der Waals surface area contributed by atoms with Crippen molar-refractivity contribution in [2.75, 3.05) is 0 Å². The lowest BCUT2D eigenvalue weighted by atomic mass is 10.3. The Kier molecular flexibility index (Phi) is 2.46.